The van der Waals surface area contributed by atoms with E-state index in [0.717, 1.165) is 15.4 Å². The van der Waals surface area contributed by atoms with Crippen LogP contribution in [-0.4, -0.2) is 42.5 Å². The molecule has 1 atom stereocenters. The zero-order chi connectivity index (χ0) is 12.6. The zero-order valence-electron chi connectivity index (χ0n) is 9.67. The van der Waals surface area contributed by atoms with E-state index in [0.29, 0.717) is 13.0 Å². The van der Waals surface area contributed by atoms with Gasteiger partial charge in [0.15, 0.2) is 9.84 Å². The summed E-state index contributed by atoms with van der Waals surface area (Å²) in [6, 6.07) is 3.76. The number of nitrogens with zero attached hydrogens (tertiary/aromatic N) is 2. The summed E-state index contributed by atoms with van der Waals surface area (Å²) in [6.45, 7) is 0.538. The fourth-order valence-corrected chi connectivity index (χ4v) is 4.54. The number of nitrogens with one attached hydrogen (secondary N) is 1. The normalized spacial score (nSPS) is 23.2. The van der Waals surface area contributed by atoms with E-state index in [1.54, 1.807) is 6.20 Å². The molecule has 0 saturated carbocycles. The lowest BCUT2D eigenvalue weighted by molar-refractivity contribution is 0.515. The monoisotopic (exact) mass is 283 g/mol. The van der Waals surface area contributed by atoms with Gasteiger partial charge >= 0.3 is 0 Å². The van der Waals surface area contributed by atoms with Crippen LogP contribution >= 0.6 is 11.3 Å². The minimum absolute atomic E-state index is 0.0238. The Kier molecular flexibility index (Phi) is 3.04. The smallest absolute Gasteiger partial charge is 0.153 e. The van der Waals surface area contributed by atoms with Crippen molar-refractivity contribution in [3.8, 4) is 0 Å². The molecule has 3 heterocycles. The summed E-state index contributed by atoms with van der Waals surface area (Å²) in [5, 5.41) is 4.18. The van der Waals surface area contributed by atoms with Gasteiger partial charge in [0.2, 0.25) is 0 Å². The first kappa shape index (κ1) is 12.0. The second-order valence-corrected chi connectivity index (χ2v) is 7.70. The SMILES string of the molecule is O=S1(=O)CCNC(Cc2nc3cccnc3s2)C1. The van der Waals surface area contributed by atoms with Crippen LogP contribution in [0, 0.1) is 0 Å². The minimum Gasteiger partial charge on any atom is -0.312 e. The van der Waals surface area contributed by atoms with Crippen molar-refractivity contribution >= 4 is 31.5 Å². The maximum absolute atomic E-state index is 11.6. The van der Waals surface area contributed by atoms with Crippen LogP contribution in [-0.2, 0) is 16.3 Å². The highest BCUT2D eigenvalue weighted by Crippen LogP contribution is 2.21. The quantitative estimate of drug-likeness (QED) is 0.875. The first-order valence-corrected chi connectivity index (χ1v) is 8.40. The molecule has 1 fully saturated rings. The number of sulfone groups is 1. The second kappa shape index (κ2) is 4.56. The Hall–Kier alpha value is -1.05. The van der Waals surface area contributed by atoms with Crippen molar-refractivity contribution in [2.45, 2.75) is 12.5 Å². The maximum Gasteiger partial charge on any atom is 0.153 e. The molecule has 0 aliphatic carbocycles. The number of hydrogen-bond donors (Lipinski definition) is 1. The van der Waals surface area contributed by atoms with Crippen LogP contribution in [0.1, 0.15) is 5.01 Å². The minimum atomic E-state index is -2.88. The average molecular weight is 283 g/mol. The Morgan fingerprint density at radius 2 is 2.39 bits per heavy atom. The van der Waals surface area contributed by atoms with Gasteiger partial charge < -0.3 is 5.32 Å². The molecule has 0 aromatic carbocycles. The van der Waals surface area contributed by atoms with Gasteiger partial charge in [0.05, 0.1) is 16.5 Å². The van der Waals surface area contributed by atoms with Crippen LogP contribution in [0.5, 0.6) is 0 Å². The van der Waals surface area contributed by atoms with Crippen molar-refractivity contribution in [2.24, 2.45) is 0 Å². The molecule has 1 saturated heterocycles. The molecule has 96 valence electrons. The predicted octanol–water partition coefficient (Wildman–Crippen LogP) is 0.620. The molecule has 2 aromatic heterocycles. The van der Waals surface area contributed by atoms with Crippen molar-refractivity contribution in [1.29, 1.82) is 0 Å². The lowest BCUT2D eigenvalue weighted by Crippen LogP contribution is -2.46. The van der Waals surface area contributed by atoms with E-state index < -0.39 is 9.84 Å². The van der Waals surface area contributed by atoms with Crippen LogP contribution in [0.3, 0.4) is 0 Å². The lowest BCUT2D eigenvalue weighted by Gasteiger charge is -2.22. The molecule has 3 rings (SSSR count). The summed E-state index contributed by atoms with van der Waals surface area (Å²) in [5.41, 5.74) is 0.885. The highest BCUT2D eigenvalue weighted by molar-refractivity contribution is 7.91. The van der Waals surface area contributed by atoms with Crippen molar-refractivity contribution in [3.05, 3.63) is 23.3 Å². The molecule has 0 radical (unpaired) electrons. The van der Waals surface area contributed by atoms with Crippen molar-refractivity contribution < 1.29 is 8.42 Å². The van der Waals surface area contributed by atoms with Crippen molar-refractivity contribution in [2.75, 3.05) is 18.1 Å². The molecule has 0 amide bonds. The number of aromatic nitrogens is 2. The van der Waals surface area contributed by atoms with Crippen LogP contribution in [0.4, 0.5) is 0 Å². The van der Waals surface area contributed by atoms with E-state index in [1.807, 2.05) is 12.1 Å². The number of pyridine rings is 1. The molecule has 7 heteroatoms. The molecule has 0 spiro atoms. The number of fused-ring (bicyclic) bond motifs is 1. The molecule has 5 nitrogen and oxygen atoms in total. The van der Waals surface area contributed by atoms with Crippen molar-refractivity contribution in [3.63, 3.8) is 0 Å². The van der Waals surface area contributed by atoms with E-state index in [9.17, 15) is 8.42 Å². The van der Waals surface area contributed by atoms with E-state index in [1.165, 1.54) is 11.3 Å². The Bertz CT molecular complexity index is 633. The van der Waals surface area contributed by atoms with Gasteiger partial charge in [-0.3, -0.25) is 0 Å². The van der Waals surface area contributed by atoms with E-state index in [-0.39, 0.29) is 17.5 Å². The summed E-state index contributed by atoms with van der Waals surface area (Å²) in [4.78, 5) is 9.63. The summed E-state index contributed by atoms with van der Waals surface area (Å²) >= 11 is 1.53. The van der Waals surface area contributed by atoms with Crippen molar-refractivity contribution in [1.82, 2.24) is 15.3 Å². The third kappa shape index (κ3) is 2.52. The van der Waals surface area contributed by atoms with Crippen LogP contribution in [0.25, 0.3) is 10.3 Å². The fraction of sp³-hybridized carbons (Fsp3) is 0.455. The first-order valence-electron chi connectivity index (χ1n) is 5.77. The second-order valence-electron chi connectivity index (χ2n) is 4.40. The Morgan fingerprint density at radius 3 is 3.17 bits per heavy atom. The average Bonchev–Trinajstić information content (AvgIpc) is 2.69. The third-order valence-electron chi connectivity index (χ3n) is 2.93. The topological polar surface area (TPSA) is 72.0 Å². The van der Waals surface area contributed by atoms with Crippen LogP contribution in [0.2, 0.25) is 0 Å². The van der Waals surface area contributed by atoms with Gasteiger partial charge in [-0.1, -0.05) is 11.3 Å². The third-order valence-corrected chi connectivity index (χ3v) is 5.67. The molecule has 0 bridgehead atoms. The Labute approximate surface area is 109 Å². The Balaban J connectivity index is 1.80. The molecular formula is C11H13N3O2S2. The molecule has 1 N–H and O–H groups in total. The standard InChI is InChI=1S/C11H13N3O2S2/c15-18(16)5-4-12-8(7-18)6-10-14-9-2-1-3-13-11(9)17-10/h1-3,8,12H,4-7H2. The zero-order valence-corrected chi connectivity index (χ0v) is 11.3. The van der Waals surface area contributed by atoms with Crippen LogP contribution in [0.15, 0.2) is 18.3 Å². The highest BCUT2D eigenvalue weighted by atomic mass is 32.2. The fourth-order valence-electron chi connectivity index (χ4n) is 2.11. The summed E-state index contributed by atoms with van der Waals surface area (Å²) in [7, 11) is -2.88. The van der Waals surface area contributed by atoms with Gasteiger partial charge in [-0.25, -0.2) is 18.4 Å². The molecule has 18 heavy (non-hydrogen) atoms. The van der Waals surface area contributed by atoms with E-state index in [4.69, 9.17) is 0 Å². The lowest BCUT2D eigenvalue weighted by atomic mass is 10.2. The largest absolute Gasteiger partial charge is 0.312 e. The van der Waals surface area contributed by atoms with Gasteiger partial charge in [-0.05, 0) is 12.1 Å². The van der Waals surface area contributed by atoms with Gasteiger partial charge in [0.25, 0.3) is 0 Å². The van der Waals surface area contributed by atoms with Crippen LogP contribution < -0.4 is 5.32 Å². The number of thiazole rings is 1. The molecular weight excluding hydrogens is 270 g/mol. The molecule has 1 aliphatic heterocycles. The number of rotatable bonds is 2. The van der Waals surface area contributed by atoms with E-state index >= 15 is 0 Å². The molecule has 1 aliphatic rings. The van der Waals surface area contributed by atoms with Gasteiger partial charge in [-0.2, -0.15) is 0 Å². The molecule has 1 unspecified atom stereocenters. The predicted molar refractivity (Wildman–Crippen MR) is 71.6 cm³/mol. The molecule has 2 aromatic rings. The summed E-state index contributed by atoms with van der Waals surface area (Å²) in [6.07, 6.45) is 2.40. The highest BCUT2D eigenvalue weighted by Gasteiger charge is 2.25. The van der Waals surface area contributed by atoms with E-state index in [2.05, 4.69) is 15.3 Å². The summed E-state index contributed by atoms with van der Waals surface area (Å²) < 4.78 is 23.1. The number of hydrogen-bond acceptors (Lipinski definition) is 6. The Morgan fingerprint density at radius 1 is 1.50 bits per heavy atom. The van der Waals surface area contributed by atoms with Gasteiger partial charge in [0, 0.05) is 25.2 Å². The van der Waals surface area contributed by atoms with Gasteiger partial charge in [0.1, 0.15) is 10.3 Å². The maximum atomic E-state index is 11.6. The van der Waals surface area contributed by atoms with Gasteiger partial charge in [-0.15, -0.1) is 0 Å². The summed E-state index contributed by atoms with van der Waals surface area (Å²) in [5.74, 6) is 0.446. The first-order chi connectivity index (χ1) is 8.62.